The molecule has 1 aromatic heterocycles. The van der Waals surface area contributed by atoms with Crippen molar-refractivity contribution < 1.29 is 26.4 Å². The molecule has 5 nitrogen and oxygen atoms in total. The van der Waals surface area contributed by atoms with E-state index >= 15 is 0 Å². The average Bonchev–Trinajstić information content (AvgIpc) is 3.20. The topological polar surface area (TPSA) is 57.7 Å². The van der Waals surface area contributed by atoms with Gasteiger partial charge in [-0.1, -0.05) is 18.2 Å². The molecule has 29 heavy (non-hydrogen) atoms. The molecule has 1 saturated heterocycles. The molecule has 158 valence electrons. The Hall–Kier alpha value is -1.91. The highest BCUT2D eigenvalue weighted by Gasteiger charge is 2.40. The Balaban J connectivity index is 1.68. The van der Waals surface area contributed by atoms with Gasteiger partial charge in [0.1, 0.15) is 0 Å². The fourth-order valence-corrected chi connectivity index (χ4v) is 5.87. The van der Waals surface area contributed by atoms with E-state index in [9.17, 15) is 26.4 Å². The van der Waals surface area contributed by atoms with Crippen LogP contribution in [0, 0.1) is 5.92 Å². The van der Waals surface area contributed by atoms with Crippen molar-refractivity contribution in [3.63, 3.8) is 0 Å². The van der Waals surface area contributed by atoms with Gasteiger partial charge in [-0.15, -0.1) is 11.3 Å². The van der Waals surface area contributed by atoms with Crippen molar-refractivity contribution in [1.29, 1.82) is 0 Å². The van der Waals surface area contributed by atoms with Crippen LogP contribution in [0.4, 0.5) is 13.2 Å². The highest BCUT2D eigenvalue weighted by Crippen LogP contribution is 2.36. The molecule has 0 bridgehead atoms. The lowest BCUT2D eigenvalue weighted by Gasteiger charge is -2.33. The van der Waals surface area contributed by atoms with E-state index in [1.165, 1.54) is 6.07 Å². The minimum absolute atomic E-state index is 0.0117. The van der Waals surface area contributed by atoms with Crippen LogP contribution in [0.2, 0.25) is 0 Å². The van der Waals surface area contributed by atoms with Gasteiger partial charge in [0.25, 0.3) is 0 Å². The molecule has 2 aromatic rings. The molecular weight excluding hydrogens is 425 g/mol. The summed E-state index contributed by atoms with van der Waals surface area (Å²) in [6, 6.07) is 8.02. The number of rotatable bonds is 5. The minimum Gasteiger partial charge on any atom is -0.340 e. The lowest BCUT2D eigenvalue weighted by molar-refractivity contribution is -0.140. The van der Waals surface area contributed by atoms with Crippen molar-refractivity contribution >= 4 is 27.3 Å². The van der Waals surface area contributed by atoms with Gasteiger partial charge in [-0.2, -0.15) is 17.5 Å². The maximum absolute atomic E-state index is 13.2. The molecule has 0 unspecified atom stereocenters. The van der Waals surface area contributed by atoms with Gasteiger partial charge in [-0.25, -0.2) is 8.42 Å². The van der Waals surface area contributed by atoms with Gasteiger partial charge in [0.05, 0.1) is 17.0 Å². The predicted octanol–water partition coefficient (Wildman–Crippen LogP) is 3.83. The molecule has 0 saturated carbocycles. The molecule has 0 aliphatic carbocycles. The van der Waals surface area contributed by atoms with Crippen LogP contribution in [-0.2, 0) is 27.5 Å². The number of thiophene rings is 1. The van der Waals surface area contributed by atoms with E-state index in [2.05, 4.69) is 0 Å². The average molecular weight is 447 g/mol. The molecule has 1 fully saturated rings. The van der Waals surface area contributed by atoms with Crippen molar-refractivity contribution in [1.82, 2.24) is 9.21 Å². The van der Waals surface area contributed by atoms with Crippen LogP contribution < -0.4 is 0 Å². The molecule has 1 aliphatic heterocycles. The SMILES string of the molecule is CN(Cc1cccs1)C(=O)C1CCN(S(=O)(=O)c2ccccc2C(F)(F)F)CC1. The summed E-state index contributed by atoms with van der Waals surface area (Å²) in [5.74, 6) is -0.421. The number of amides is 1. The molecule has 10 heteroatoms. The maximum atomic E-state index is 13.2. The van der Waals surface area contributed by atoms with Gasteiger partial charge in [0, 0.05) is 30.9 Å². The van der Waals surface area contributed by atoms with Gasteiger partial charge in [0.15, 0.2) is 0 Å². The summed E-state index contributed by atoms with van der Waals surface area (Å²) in [6.45, 7) is 0.503. The highest BCUT2D eigenvalue weighted by molar-refractivity contribution is 7.89. The largest absolute Gasteiger partial charge is 0.417 e. The monoisotopic (exact) mass is 446 g/mol. The number of halogens is 3. The molecule has 2 heterocycles. The second-order valence-electron chi connectivity index (χ2n) is 6.95. The second-order valence-corrected chi connectivity index (χ2v) is 9.88. The number of piperidine rings is 1. The molecule has 0 radical (unpaired) electrons. The molecule has 0 atom stereocenters. The van der Waals surface area contributed by atoms with E-state index in [1.807, 2.05) is 17.5 Å². The van der Waals surface area contributed by atoms with E-state index < -0.39 is 26.7 Å². The lowest BCUT2D eigenvalue weighted by Crippen LogP contribution is -2.43. The van der Waals surface area contributed by atoms with Crippen molar-refractivity contribution in [3.8, 4) is 0 Å². The summed E-state index contributed by atoms with van der Waals surface area (Å²) < 4.78 is 66.3. The van der Waals surface area contributed by atoms with Crippen LogP contribution in [0.3, 0.4) is 0 Å². The number of sulfonamides is 1. The Morgan fingerprint density at radius 3 is 2.41 bits per heavy atom. The number of carbonyl (C=O) groups excluding carboxylic acids is 1. The van der Waals surface area contributed by atoms with E-state index in [0.29, 0.717) is 6.54 Å². The number of benzene rings is 1. The first-order valence-corrected chi connectivity index (χ1v) is 11.4. The number of carbonyl (C=O) groups is 1. The molecule has 1 amide bonds. The van der Waals surface area contributed by atoms with Crippen molar-refractivity contribution in [2.75, 3.05) is 20.1 Å². The molecule has 0 spiro atoms. The Kier molecular flexibility index (Phi) is 6.35. The van der Waals surface area contributed by atoms with Crippen LogP contribution in [0.1, 0.15) is 23.3 Å². The van der Waals surface area contributed by atoms with Crippen LogP contribution in [0.5, 0.6) is 0 Å². The van der Waals surface area contributed by atoms with E-state index in [0.717, 1.165) is 27.4 Å². The molecule has 1 aromatic carbocycles. The zero-order chi connectivity index (χ0) is 21.2. The number of alkyl halides is 3. The summed E-state index contributed by atoms with van der Waals surface area (Å²) in [6.07, 6.45) is -4.20. The standard InChI is InChI=1S/C19H21F3N2O3S2/c1-23(13-15-5-4-12-28-15)18(25)14-8-10-24(11-9-14)29(26,27)17-7-3-2-6-16(17)19(20,21)22/h2-7,12,14H,8-11,13H2,1H3. The molecule has 1 aliphatic rings. The first-order chi connectivity index (χ1) is 13.6. The van der Waals surface area contributed by atoms with Gasteiger partial charge < -0.3 is 4.90 Å². The van der Waals surface area contributed by atoms with Crippen molar-refractivity contribution in [2.24, 2.45) is 5.92 Å². The van der Waals surface area contributed by atoms with E-state index in [4.69, 9.17) is 0 Å². The predicted molar refractivity (Wildman–Crippen MR) is 104 cm³/mol. The van der Waals surface area contributed by atoms with Crippen LogP contribution in [0.25, 0.3) is 0 Å². The zero-order valence-corrected chi connectivity index (χ0v) is 17.4. The molecule has 3 rings (SSSR count). The Morgan fingerprint density at radius 1 is 1.17 bits per heavy atom. The van der Waals surface area contributed by atoms with E-state index in [-0.39, 0.29) is 37.8 Å². The normalized spacial score (nSPS) is 16.7. The summed E-state index contributed by atoms with van der Waals surface area (Å²) in [5, 5.41) is 1.93. The third kappa shape index (κ3) is 4.81. The zero-order valence-electron chi connectivity index (χ0n) is 15.7. The van der Waals surface area contributed by atoms with Gasteiger partial charge in [0.2, 0.25) is 15.9 Å². The fraction of sp³-hybridized carbons (Fsp3) is 0.421. The van der Waals surface area contributed by atoms with Gasteiger partial charge in [-0.3, -0.25) is 4.79 Å². The van der Waals surface area contributed by atoms with Crippen molar-refractivity contribution in [2.45, 2.75) is 30.5 Å². The third-order valence-corrected chi connectivity index (χ3v) is 7.78. The Morgan fingerprint density at radius 2 is 1.83 bits per heavy atom. The van der Waals surface area contributed by atoms with Crippen LogP contribution in [-0.4, -0.2) is 43.7 Å². The summed E-state index contributed by atoms with van der Waals surface area (Å²) >= 11 is 1.55. The lowest BCUT2D eigenvalue weighted by atomic mass is 9.96. The van der Waals surface area contributed by atoms with Gasteiger partial charge in [-0.05, 0) is 36.4 Å². The second kappa shape index (κ2) is 8.45. The maximum Gasteiger partial charge on any atom is 0.417 e. The van der Waals surface area contributed by atoms with Crippen molar-refractivity contribution in [3.05, 3.63) is 52.2 Å². The Labute approximate surface area is 171 Å². The number of hydrogen-bond acceptors (Lipinski definition) is 4. The van der Waals surface area contributed by atoms with E-state index in [1.54, 1.807) is 23.3 Å². The van der Waals surface area contributed by atoms with Crippen LogP contribution in [0.15, 0.2) is 46.7 Å². The molecular formula is C19H21F3N2O3S2. The Bertz CT molecular complexity index is 951. The quantitative estimate of drug-likeness (QED) is 0.702. The van der Waals surface area contributed by atoms with Crippen LogP contribution >= 0.6 is 11.3 Å². The minimum atomic E-state index is -4.76. The number of hydrogen-bond donors (Lipinski definition) is 0. The van der Waals surface area contributed by atoms with Gasteiger partial charge >= 0.3 is 6.18 Å². The molecule has 0 N–H and O–H groups in total. The fourth-order valence-electron chi connectivity index (χ4n) is 3.43. The first-order valence-electron chi connectivity index (χ1n) is 9.04. The highest BCUT2D eigenvalue weighted by atomic mass is 32.2. The first kappa shape index (κ1) is 21.8. The third-order valence-electron chi connectivity index (χ3n) is 4.96. The summed E-state index contributed by atoms with van der Waals surface area (Å²) in [5.41, 5.74) is -1.17. The summed E-state index contributed by atoms with van der Waals surface area (Å²) in [4.78, 5) is 14.6. The number of nitrogens with zero attached hydrogens (tertiary/aromatic N) is 2. The smallest absolute Gasteiger partial charge is 0.340 e. The summed E-state index contributed by atoms with van der Waals surface area (Å²) in [7, 11) is -2.60.